The molecule has 4 atom stereocenters. The van der Waals surface area contributed by atoms with Crippen LogP contribution in [0.4, 0.5) is 4.39 Å². The highest BCUT2D eigenvalue weighted by Crippen LogP contribution is 2.20. The van der Waals surface area contributed by atoms with E-state index in [-0.39, 0.29) is 37.4 Å². The fourth-order valence-corrected chi connectivity index (χ4v) is 4.91. The van der Waals surface area contributed by atoms with Crippen LogP contribution in [0.5, 0.6) is 0 Å². The lowest BCUT2D eigenvalue weighted by Gasteiger charge is -2.26. The number of aliphatic hydroxyl groups is 1. The Kier molecular flexibility index (Phi) is 12.5. The highest BCUT2D eigenvalue weighted by molar-refractivity contribution is 5.95. The number of hydrogen-bond acceptors (Lipinski definition) is 7. The average Bonchev–Trinajstić information content (AvgIpc) is 3.02. The zero-order valence-electron chi connectivity index (χ0n) is 24.6. The van der Waals surface area contributed by atoms with Crippen LogP contribution in [0, 0.1) is 5.82 Å². The molecular weight excluding hydrogens is 567 g/mol. The van der Waals surface area contributed by atoms with Gasteiger partial charge in [-0.05, 0) is 59.7 Å². The fourth-order valence-electron chi connectivity index (χ4n) is 4.91. The Morgan fingerprint density at radius 2 is 1.70 bits per heavy atom. The van der Waals surface area contributed by atoms with Crippen LogP contribution in [0.1, 0.15) is 30.4 Å². The number of likely N-dealkylation sites (N-methyl/N-ethyl adjacent to an activating group) is 1. The van der Waals surface area contributed by atoms with Gasteiger partial charge in [-0.2, -0.15) is 0 Å². The van der Waals surface area contributed by atoms with E-state index in [9.17, 15) is 28.7 Å². The van der Waals surface area contributed by atoms with Crippen LogP contribution in [0.2, 0.25) is 0 Å². The number of nitrogens with zero attached hydrogens (tertiary/aromatic N) is 2. The van der Waals surface area contributed by atoms with Crippen molar-refractivity contribution in [3.05, 3.63) is 83.7 Å². The van der Waals surface area contributed by atoms with Crippen molar-refractivity contribution in [3.63, 3.8) is 0 Å². The number of nitrogens with two attached hydrogens (primary N) is 3. The molecule has 8 N–H and O–H groups in total. The van der Waals surface area contributed by atoms with Gasteiger partial charge in [0.2, 0.25) is 11.8 Å². The van der Waals surface area contributed by atoms with Gasteiger partial charge in [0.15, 0.2) is 11.7 Å². The van der Waals surface area contributed by atoms with E-state index in [1.165, 1.54) is 24.1 Å². The molecule has 3 rings (SSSR count). The van der Waals surface area contributed by atoms with Crippen LogP contribution in [-0.2, 0) is 32.0 Å². The van der Waals surface area contributed by atoms with Crippen LogP contribution in [0.15, 0.2) is 71.7 Å². The first-order valence-electron chi connectivity index (χ1n) is 14.2. The van der Waals surface area contributed by atoms with Gasteiger partial charge in [-0.3, -0.25) is 14.4 Å². The third-order valence-electron chi connectivity index (χ3n) is 7.46. The van der Waals surface area contributed by atoms with Crippen molar-refractivity contribution in [2.24, 2.45) is 22.2 Å². The molecule has 0 aromatic heterocycles. The molecule has 0 heterocycles. The molecule has 2 amide bonds. The van der Waals surface area contributed by atoms with Crippen LogP contribution in [0.3, 0.4) is 0 Å². The molecule has 44 heavy (non-hydrogen) atoms. The summed E-state index contributed by atoms with van der Waals surface area (Å²) >= 11 is 0. The molecule has 0 saturated carbocycles. The highest BCUT2D eigenvalue weighted by atomic mass is 19.1. The predicted octanol–water partition coefficient (Wildman–Crippen LogP) is 0.976. The summed E-state index contributed by atoms with van der Waals surface area (Å²) < 4.78 is 13.1. The molecule has 0 aliphatic heterocycles. The minimum atomic E-state index is -1.36. The Balaban J connectivity index is 1.62. The number of aliphatic imine (C=N–C) groups is 1. The van der Waals surface area contributed by atoms with Crippen molar-refractivity contribution in [1.29, 1.82) is 0 Å². The summed E-state index contributed by atoms with van der Waals surface area (Å²) in [4.78, 5) is 56.2. The third kappa shape index (κ3) is 9.41. The van der Waals surface area contributed by atoms with Crippen molar-refractivity contribution in [1.82, 2.24) is 10.2 Å². The molecule has 0 fully saturated rings. The molecule has 0 aliphatic rings. The maximum Gasteiger partial charge on any atom is 0.237 e. The zero-order chi connectivity index (χ0) is 32.2. The third-order valence-corrected chi connectivity index (χ3v) is 7.46. The van der Waals surface area contributed by atoms with Crippen LogP contribution >= 0.6 is 0 Å². The largest absolute Gasteiger partial charge is 0.394 e. The van der Waals surface area contributed by atoms with Gasteiger partial charge >= 0.3 is 0 Å². The molecule has 12 heteroatoms. The van der Waals surface area contributed by atoms with Gasteiger partial charge in [0.05, 0.1) is 18.7 Å². The first-order chi connectivity index (χ1) is 21.0. The summed E-state index contributed by atoms with van der Waals surface area (Å²) in [6.07, 6.45) is 1.20. The molecule has 1 unspecified atom stereocenters. The first-order valence-corrected chi connectivity index (χ1v) is 14.2. The first kappa shape index (κ1) is 33.8. The van der Waals surface area contributed by atoms with Crippen molar-refractivity contribution in [2.45, 2.75) is 56.3 Å². The molecule has 234 valence electrons. The maximum absolute atomic E-state index is 13.4. The van der Waals surface area contributed by atoms with E-state index in [0.717, 1.165) is 21.9 Å². The summed E-state index contributed by atoms with van der Waals surface area (Å²) in [7, 11) is 1.47. The SMILES string of the molecule is CN(C(=O)CCc1ccc(F)cc1)[C@H](C=O)CCC(N=C(N)N)C(=O)[C@H](CO)NC(=O)[C@@H](N)Cc1cccc2ccccc12. The summed E-state index contributed by atoms with van der Waals surface area (Å²) in [6.45, 7) is -0.735. The monoisotopic (exact) mass is 606 g/mol. The number of amides is 2. The summed E-state index contributed by atoms with van der Waals surface area (Å²) in [6, 6.07) is 14.7. The van der Waals surface area contributed by atoms with Crippen molar-refractivity contribution in [3.8, 4) is 0 Å². The second-order valence-electron chi connectivity index (χ2n) is 10.6. The Morgan fingerprint density at radius 1 is 1.02 bits per heavy atom. The minimum Gasteiger partial charge on any atom is -0.394 e. The Morgan fingerprint density at radius 3 is 2.36 bits per heavy atom. The number of ketones is 1. The lowest BCUT2D eigenvalue weighted by molar-refractivity contribution is -0.135. The van der Waals surface area contributed by atoms with Crippen LogP contribution in [-0.4, -0.2) is 77.7 Å². The second-order valence-corrected chi connectivity index (χ2v) is 10.6. The van der Waals surface area contributed by atoms with Gasteiger partial charge in [-0.15, -0.1) is 0 Å². The van der Waals surface area contributed by atoms with E-state index in [2.05, 4.69) is 10.3 Å². The van der Waals surface area contributed by atoms with Gasteiger partial charge in [0, 0.05) is 13.5 Å². The number of fused-ring (bicyclic) bond motifs is 1. The van der Waals surface area contributed by atoms with E-state index in [1.54, 1.807) is 12.1 Å². The van der Waals surface area contributed by atoms with Crippen molar-refractivity contribution >= 4 is 40.6 Å². The fraction of sp³-hybridized carbons (Fsp3) is 0.344. The van der Waals surface area contributed by atoms with Gasteiger partial charge in [-0.25, -0.2) is 9.38 Å². The number of hydrogen-bond donors (Lipinski definition) is 5. The predicted molar refractivity (Wildman–Crippen MR) is 166 cm³/mol. The van der Waals surface area contributed by atoms with E-state index in [4.69, 9.17) is 17.2 Å². The highest BCUT2D eigenvalue weighted by Gasteiger charge is 2.31. The van der Waals surface area contributed by atoms with E-state index in [0.29, 0.717) is 12.7 Å². The maximum atomic E-state index is 13.4. The zero-order valence-corrected chi connectivity index (χ0v) is 24.6. The normalized spacial score (nSPS) is 13.7. The quantitative estimate of drug-likeness (QED) is 0.0904. The van der Waals surface area contributed by atoms with Gasteiger partial charge in [0.25, 0.3) is 0 Å². The number of aliphatic hydroxyl groups excluding tert-OH is 1. The second kappa shape index (κ2) is 16.2. The number of carbonyl (C=O) groups is 4. The summed E-state index contributed by atoms with van der Waals surface area (Å²) in [5, 5.41) is 14.4. The topological polar surface area (TPSA) is 194 Å². The Hall–Kier alpha value is -4.68. The smallest absolute Gasteiger partial charge is 0.237 e. The number of rotatable bonds is 16. The number of Topliss-reactive ketones (excluding diaryl/α,β-unsaturated/α-hetero) is 1. The van der Waals surface area contributed by atoms with Crippen molar-refractivity contribution < 1.29 is 28.7 Å². The molecule has 11 nitrogen and oxygen atoms in total. The minimum absolute atomic E-state index is 0.0299. The molecule has 3 aromatic carbocycles. The molecule has 0 saturated heterocycles. The average molecular weight is 607 g/mol. The van der Waals surface area contributed by atoms with Gasteiger partial charge < -0.3 is 37.3 Å². The number of guanidine groups is 1. The van der Waals surface area contributed by atoms with E-state index < -0.39 is 48.4 Å². The lowest BCUT2D eigenvalue weighted by Crippen LogP contribution is -2.53. The number of nitrogens with one attached hydrogen (secondary N) is 1. The lowest BCUT2D eigenvalue weighted by atomic mass is 9.97. The molecule has 0 radical (unpaired) electrons. The van der Waals surface area contributed by atoms with Gasteiger partial charge in [-0.1, -0.05) is 54.6 Å². The molecule has 0 aliphatic carbocycles. The Bertz CT molecular complexity index is 1470. The van der Waals surface area contributed by atoms with E-state index in [1.807, 2.05) is 42.5 Å². The van der Waals surface area contributed by atoms with E-state index >= 15 is 0 Å². The number of benzene rings is 3. The molecule has 3 aromatic rings. The van der Waals surface area contributed by atoms with Gasteiger partial charge in [0.1, 0.15) is 24.2 Å². The molecular formula is C32H39FN6O5. The van der Waals surface area contributed by atoms with Crippen LogP contribution < -0.4 is 22.5 Å². The summed E-state index contributed by atoms with van der Waals surface area (Å²) in [5.41, 5.74) is 18.9. The number of halogens is 1. The molecule has 0 bridgehead atoms. The molecule has 0 spiro atoms. The van der Waals surface area contributed by atoms with Crippen LogP contribution in [0.25, 0.3) is 10.8 Å². The number of aldehydes is 1. The standard InChI is InChI=1S/C32H39FN6O5/c1-39(29(42)16-11-20-9-12-23(33)13-10-20)24(18-40)14-15-27(38-32(35)36)30(43)28(19-41)37-31(44)26(34)17-22-7-4-6-21-5-2-3-8-25(21)22/h2-10,12-13,18,24,26-28,41H,11,14-17,19,34H2,1H3,(H,37,44)(H4,35,36,38)/t24-,26-,27?,28-/m0/s1. The number of carbonyl (C=O) groups excluding carboxylic acids is 4. The van der Waals surface area contributed by atoms with Crippen molar-refractivity contribution in [2.75, 3.05) is 13.7 Å². The summed E-state index contributed by atoms with van der Waals surface area (Å²) in [5.74, 6) is -2.43. The Labute approximate surface area is 255 Å². The number of aryl methyl sites for hydroxylation is 1.